The van der Waals surface area contributed by atoms with Crippen LogP contribution < -0.4 is 10.6 Å². The van der Waals surface area contributed by atoms with Crippen molar-refractivity contribution in [3.8, 4) is 11.1 Å². The summed E-state index contributed by atoms with van der Waals surface area (Å²) in [4.78, 5) is 25.4. The van der Waals surface area contributed by atoms with Crippen molar-refractivity contribution in [2.45, 2.75) is 45.3 Å². The maximum absolute atomic E-state index is 12.8. The zero-order valence-corrected chi connectivity index (χ0v) is 22.5. The van der Waals surface area contributed by atoms with Gasteiger partial charge in [0.05, 0.1) is 39.5 Å². The zero-order valence-electron chi connectivity index (χ0n) is 22.5. The van der Waals surface area contributed by atoms with Crippen molar-refractivity contribution in [1.29, 1.82) is 0 Å². The second-order valence-corrected chi connectivity index (χ2v) is 10.7. The molecule has 1 heterocycles. The Kier molecular flexibility index (Phi) is 8.81. The number of benzene rings is 3. The highest BCUT2D eigenvalue weighted by molar-refractivity contribution is 5.93. The first-order chi connectivity index (χ1) is 18.2. The fraction of sp³-hybridized carbons (Fsp3) is 0.355. The summed E-state index contributed by atoms with van der Waals surface area (Å²) in [5.41, 5.74) is 6.01. The monoisotopic (exact) mass is 516 g/mol. The zero-order chi connectivity index (χ0) is 27.1. The van der Waals surface area contributed by atoms with Crippen LogP contribution in [0.2, 0.25) is 0 Å². The molecule has 3 aromatic carbocycles. The van der Waals surface area contributed by atoms with Gasteiger partial charge >= 0.3 is 6.09 Å². The second-order valence-electron chi connectivity index (χ2n) is 10.7. The van der Waals surface area contributed by atoms with Crippen LogP contribution in [0.15, 0.2) is 66.7 Å². The van der Waals surface area contributed by atoms with E-state index in [1.807, 2.05) is 67.6 Å². The summed E-state index contributed by atoms with van der Waals surface area (Å²) < 4.78 is 6.70. The van der Waals surface area contributed by atoms with E-state index in [1.54, 1.807) is 6.07 Å². The third kappa shape index (κ3) is 7.43. The number of anilines is 2. The molecule has 2 amide bonds. The molecule has 1 saturated heterocycles. The van der Waals surface area contributed by atoms with Crippen molar-refractivity contribution in [3.05, 3.63) is 83.4 Å². The molecule has 7 heteroatoms. The number of nitrogens with zero attached hydrogens (tertiary/aromatic N) is 1. The normalized spacial score (nSPS) is 15.1. The largest absolute Gasteiger partial charge is 0.446 e. The van der Waals surface area contributed by atoms with Gasteiger partial charge in [-0.1, -0.05) is 48.5 Å². The van der Waals surface area contributed by atoms with Crippen LogP contribution >= 0.6 is 0 Å². The average Bonchev–Trinajstić information content (AvgIpc) is 2.91. The molecule has 1 aliphatic heterocycles. The van der Waals surface area contributed by atoms with E-state index in [2.05, 4.69) is 24.7 Å². The fourth-order valence-corrected chi connectivity index (χ4v) is 4.80. The van der Waals surface area contributed by atoms with Gasteiger partial charge < -0.3 is 19.6 Å². The molecule has 38 heavy (non-hydrogen) atoms. The van der Waals surface area contributed by atoms with Crippen LogP contribution in [-0.4, -0.2) is 54.9 Å². The fourth-order valence-electron chi connectivity index (χ4n) is 4.80. The molecular weight excluding hydrogens is 478 g/mol. The summed E-state index contributed by atoms with van der Waals surface area (Å²) in [5.74, 6) is -0.0776. The molecule has 0 saturated carbocycles. The van der Waals surface area contributed by atoms with Crippen LogP contribution in [0, 0.1) is 6.92 Å². The highest BCUT2D eigenvalue weighted by Crippen LogP contribution is 2.30. The third-order valence-corrected chi connectivity index (χ3v) is 7.18. The number of piperidine rings is 1. The Morgan fingerprint density at radius 1 is 0.921 bits per heavy atom. The number of ether oxygens (including phenoxy) is 1. The average molecular weight is 517 g/mol. The van der Waals surface area contributed by atoms with Gasteiger partial charge in [-0.2, -0.15) is 0 Å². The van der Waals surface area contributed by atoms with Gasteiger partial charge in [-0.25, -0.2) is 4.79 Å². The van der Waals surface area contributed by atoms with Gasteiger partial charge in [-0.05, 0) is 53.8 Å². The van der Waals surface area contributed by atoms with Gasteiger partial charge in [0.1, 0.15) is 6.10 Å². The Morgan fingerprint density at radius 2 is 1.61 bits per heavy atom. The number of carbonyl (C=O) groups excluding carboxylic acids is 2. The molecule has 0 spiro atoms. The lowest BCUT2D eigenvalue weighted by atomic mass is 9.98. The summed E-state index contributed by atoms with van der Waals surface area (Å²) in [6, 6.07) is 21.2. The molecule has 200 valence electrons. The molecule has 0 aromatic heterocycles. The van der Waals surface area contributed by atoms with Gasteiger partial charge in [0.15, 0.2) is 0 Å². The van der Waals surface area contributed by atoms with Gasteiger partial charge in [0.25, 0.3) is 0 Å². The lowest BCUT2D eigenvalue weighted by Gasteiger charge is -2.36. The van der Waals surface area contributed by atoms with Crippen molar-refractivity contribution < 1.29 is 23.9 Å². The number of hydrogen-bond donors (Lipinski definition) is 3. The molecule has 0 aliphatic carbocycles. The van der Waals surface area contributed by atoms with Crippen LogP contribution in [0.25, 0.3) is 11.1 Å². The number of aliphatic hydroxyl groups excluding tert-OH is 1. The Balaban J connectivity index is 1.42. The van der Waals surface area contributed by atoms with Gasteiger partial charge in [-0.3, -0.25) is 10.1 Å². The molecular formula is C31H38N3O4+. The van der Waals surface area contributed by atoms with Crippen LogP contribution in [0.4, 0.5) is 16.2 Å². The first-order valence-electron chi connectivity index (χ1n) is 13.2. The van der Waals surface area contributed by atoms with Crippen LogP contribution in [-0.2, 0) is 22.6 Å². The van der Waals surface area contributed by atoms with Crippen molar-refractivity contribution in [2.24, 2.45) is 0 Å². The number of aryl methyl sites for hydroxylation is 2. The highest BCUT2D eigenvalue weighted by Gasteiger charge is 2.28. The molecule has 3 N–H and O–H groups in total. The number of carbonyl (C=O) groups is 2. The predicted octanol–water partition coefficient (Wildman–Crippen LogP) is 5.51. The summed E-state index contributed by atoms with van der Waals surface area (Å²) >= 11 is 0. The second kappa shape index (κ2) is 12.2. The van der Waals surface area contributed by atoms with Gasteiger partial charge in [-0.15, -0.1) is 0 Å². The minimum absolute atomic E-state index is 0.0281. The molecule has 3 aromatic rings. The summed E-state index contributed by atoms with van der Waals surface area (Å²) in [6.07, 6.45) is 2.09. The van der Waals surface area contributed by atoms with Crippen molar-refractivity contribution in [2.75, 3.05) is 37.8 Å². The van der Waals surface area contributed by atoms with Crippen LogP contribution in [0.1, 0.15) is 36.0 Å². The van der Waals surface area contributed by atoms with E-state index in [9.17, 15) is 14.7 Å². The molecule has 0 bridgehead atoms. The number of aliphatic hydroxyl groups is 1. The number of quaternary nitrogens is 1. The number of likely N-dealkylation sites (tertiary alicyclic amines) is 1. The highest BCUT2D eigenvalue weighted by atomic mass is 16.6. The van der Waals surface area contributed by atoms with E-state index in [4.69, 9.17) is 4.74 Å². The quantitative estimate of drug-likeness (QED) is 0.345. The van der Waals surface area contributed by atoms with E-state index in [0.717, 1.165) is 63.9 Å². The van der Waals surface area contributed by atoms with E-state index in [1.165, 1.54) is 0 Å². The van der Waals surface area contributed by atoms with Crippen molar-refractivity contribution in [3.63, 3.8) is 0 Å². The molecule has 1 fully saturated rings. The van der Waals surface area contributed by atoms with Crippen LogP contribution in [0.5, 0.6) is 0 Å². The van der Waals surface area contributed by atoms with Gasteiger partial charge in [0.2, 0.25) is 5.91 Å². The minimum atomic E-state index is -0.436. The Hall–Kier alpha value is -3.68. The molecule has 0 radical (unpaired) electrons. The first-order valence-corrected chi connectivity index (χ1v) is 13.2. The number of nitrogens with one attached hydrogen (secondary N) is 2. The number of amides is 2. The third-order valence-electron chi connectivity index (χ3n) is 7.18. The van der Waals surface area contributed by atoms with Crippen molar-refractivity contribution >= 4 is 23.4 Å². The topological polar surface area (TPSA) is 87.7 Å². The smallest absolute Gasteiger partial charge is 0.411 e. The SMILES string of the molecule is Cc1cc(CO)ccc1NC(=O)CCc1ccc(NC(=O)OC2CC[N+](C)(C)CC2)c(-c2ccccc2)c1. The summed E-state index contributed by atoms with van der Waals surface area (Å²) in [7, 11) is 4.40. The summed E-state index contributed by atoms with van der Waals surface area (Å²) in [5, 5.41) is 15.2. The molecule has 1 aliphatic rings. The number of rotatable bonds is 8. The first kappa shape index (κ1) is 27.4. The van der Waals surface area contributed by atoms with Crippen molar-refractivity contribution in [1.82, 2.24) is 0 Å². The maximum atomic E-state index is 12.8. The van der Waals surface area contributed by atoms with E-state index < -0.39 is 6.09 Å². The molecule has 4 rings (SSSR count). The lowest BCUT2D eigenvalue weighted by Crippen LogP contribution is -2.48. The van der Waals surface area contributed by atoms with E-state index >= 15 is 0 Å². The minimum Gasteiger partial charge on any atom is -0.446 e. The Bertz CT molecular complexity index is 1260. The standard InChI is InChI=1S/C31H37N3O4/c1-22-19-24(21-35)10-12-28(22)32-30(36)14-11-23-9-13-29(27(20-23)25-7-5-4-6-8-25)33-31(37)38-26-15-17-34(2,3)18-16-26/h4-10,12-13,19-20,26,35H,11,14-18,21H2,1-3H3,(H-,32,33,36,37)/p+1. The number of hydrogen-bond acceptors (Lipinski definition) is 4. The molecule has 0 unspecified atom stereocenters. The van der Waals surface area contributed by atoms with Gasteiger partial charge in [0, 0.05) is 30.5 Å². The molecule has 0 atom stereocenters. The van der Waals surface area contributed by atoms with E-state index in [-0.39, 0.29) is 18.6 Å². The Labute approximate surface area is 225 Å². The Morgan fingerprint density at radius 3 is 2.29 bits per heavy atom. The maximum Gasteiger partial charge on any atom is 0.411 e. The molecule has 7 nitrogen and oxygen atoms in total. The predicted molar refractivity (Wildman–Crippen MR) is 151 cm³/mol. The van der Waals surface area contributed by atoms with E-state index in [0.29, 0.717) is 18.5 Å². The summed E-state index contributed by atoms with van der Waals surface area (Å²) in [6.45, 7) is 3.86. The lowest BCUT2D eigenvalue weighted by molar-refractivity contribution is -0.896. The van der Waals surface area contributed by atoms with Crippen LogP contribution in [0.3, 0.4) is 0 Å².